The van der Waals surface area contributed by atoms with Crippen molar-refractivity contribution in [1.29, 1.82) is 0 Å². The number of anilines is 1. The van der Waals surface area contributed by atoms with Crippen LogP contribution in [0.1, 0.15) is 23.3 Å². The fourth-order valence-electron chi connectivity index (χ4n) is 4.68. The molecule has 2 aromatic carbocycles. The molecule has 4 heterocycles. The van der Waals surface area contributed by atoms with Crippen molar-refractivity contribution in [3.63, 3.8) is 0 Å². The SMILES string of the molecule is O=C(Nc1cc(-c2cccc3[nH]ccc23)cc2[nH]ncc12)c1ccnn1CC1CCOCC1. The average molecular weight is 441 g/mol. The lowest BCUT2D eigenvalue weighted by atomic mass is 9.99. The lowest BCUT2D eigenvalue weighted by Gasteiger charge is -2.22. The smallest absolute Gasteiger partial charge is 0.273 e. The first kappa shape index (κ1) is 19.8. The van der Waals surface area contributed by atoms with Crippen molar-refractivity contribution in [2.75, 3.05) is 18.5 Å². The number of carbonyl (C=O) groups is 1. The summed E-state index contributed by atoms with van der Waals surface area (Å²) in [5, 5.41) is 16.8. The van der Waals surface area contributed by atoms with Crippen LogP contribution in [0.4, 0.5) is 5.69 Å². The Balaban J connectivity index is 1.34. The molecule has 166 valence electrons. The van der Waals surface area contributed by atoms with Crippen LogP contribution in [0.15, 0.2) is 61.1 Å². The number of H-pyrrole nitrogens is 2. The second-order valence-corrected chi connectivity index (χ2v) is 8.51. The van der Waals surface area contributed by atoms with Crippen molar-refractivity contribution in [2.24, 2.45) is 5.92 Å². The van der Waals surface area contributed by atoms with Gasteiger partial charge in [-0.05, 0) is 60.2 Å². The number of carbonyl (C=O) groups excluding carboxylic acids is 1. The summed E-state index contributed by atoms with van der Waals surface area (Å²) in [5.74, 6) is 0.287. The number of amides is 1. The van der Waals surface area contributed by atoms with Gasteiger partial charge in [0.2, 0.25) is 0 Å². The topological polar surface area (TPSA) is 101 Å². The zero-order chi connectivity index (χ0) is 22.2. The van der Waals surface area contributed by atoms with Gasteiger partial charge in [0, 0.05) is 48.4 Å². The van der Waals surface area contributed by atoms with Crippen LogP contribution in [0.25, 0.3) is 32.9 Å². The quantitative estimate of drug-likeness (QED) is 0.372. The summed E-state index contributed by atoms with van der Waals surface area (Å²) in [5.41, 5.74) is 5.29. The molecule has 0 bridgehead atoms. The second-order valence-electron chi connectivity index (χ2n) is 8.51. The molecule has 6 rings (SSSR count). The van der Waals surface area contributed by atoms with Crippen molar-refractivity contribution in [1.82, 2.24) is 25.0 Å². The van der Waals surface area contributed by atoms with Gasteiger partial charge in [0.25, 0.3) is 5.91 Å². The molecule has 1 aliphatic rings. The van der Waals surface area contributed by atoms with Gasteiger partial charge < -0.3 is 15.0 Å². The molecular weight excluding hydrogens is 416 g/mol. The summed E-state index contributed by atoms with van der Waals surface area (Å²) >= 11 is 0. The molecule has 0 unspecified atom stereocenters. The first-order chi connectivity index (χ1) is 16.3. The summed E-state index contributed by atoms with van der Waals surface area (Å²) in [7, 11) is 0. The van der Waals surface area contributed by atoms with E-state index in [1.807, 2.05) is 23.0 Å². The van der Waals surface area contributed by atoms with E-state index in [2.05, 4.69) is 49.9 Å². The summed E-state index contributed by atoms with van der Waals surface area (Å²) in [6.07, 6.45) is 7.34. The number of ether oxygens (including phenoxy) is 1. The molecule has 3 aromatic heterocycles. The number of aromatic nitrogens is 5. The lowest BCUT2D eigenvalue weighted by molar-refractivity contribution is 0.0598. The van der Waals surface area contributed by atoms with Gasteiger partial charge in [0.05, 0.1) is 17.4 Å². The number of hydrogen-bond donors (Lipinski definition) is 3. The Hall–Kier alpha value is -3.91. The van der Waals surface area contributed by atoms with E-state index in [9.17, 15) is 4.79 Å². The molecule has 33 heavy (non-hydrogen) atoms. The third-order valence-electron chi connectivity index (χ3n) is 6.43. The Morgan fingerprint density at radius 2 is 2.03 bits per heavy atom. The van der Waals surface area contributed by atoms with Crippen LogP contribution in [0, 0.1) is 5.92 Å². The average Bonchev–Trinajstić information content (AvgIpc) is 3.59. The van der Waals surface area contributed by atoms with E-state index in [1.54, 1.807) is 18.5 Å². The maximum Gasteiger partial charge on any atom is 0.273 e. The molecule has 0 aliphatic carbocycles. The van der Waals surface area contributed by atoms with E-state index in [1.165, 1.54) is 0 Å². The number of fused-ring (bicyclic) bond motifs is 2. The van der Waals surface area contributed by atoms with E-state index in [0.717, 1.165) is 65.5 Å². The highest BCUT2D eigenvalue weighted by Crippen LogP contribution is 2.34. The highest BCUT2D eigenvalue weighted by atomic mass is 16.5. The monoisotopic (exact) mass is 440 g/mol. The molecule has 1 amide bonds. The van der Waals surface area contributed by atoms with Crippen molar-refractivity contribution in [3.05, 3.63) is 66.7 Å². The predicted octanol–water partition coefficient (Wildman–Crippen LogP) is 4.59. The molecule has 1 aliphatic heterocycles. The van der Waals surface area contributed by atoms with Crippen LogP contribution in [0.3, 0.4) is 0 Å². The number of benzene rings is 2. The zero-order valence-electron chi connectivity index (χ0n) is 18.0. The molecule has 0 spiro atoms. The summed E-state index contributed by atoms with van der Waals surface area (Å²) < 4.78 is 7.27. The van der Waals surface area contributed by atoms with Crippen molar-refractivity contribution < 1.29 is 9.53 Å². The molecule has 0 radical (unpaired) electrons. The Kier molecular flexibility index (Phi) is 4.92. The minimum atomic E-state index is -0.181. The maximum absolute atomic E-state index is 13.3. The first-order valence-electron chi connectivity index (χ1n) is 11.2. The van der Waals surface area contributed by atoms with Crippen LogP contribution < -0.4 is 5.32 Å². The Morgan fingerprint density at radius 1 is 1.12 bits per heavy atom. The van der Waals surface area contributed by atoms with E-state index < -0.39 is 0 Å². The molecule has 3 N–H and O–H groups in total. The number of rotatable bonds is 5. The van der Waals surface area contributed by atoms with Crippen LogP contribution in [-0.4, -0.2) is 44.1 Å². The normalized spacial score (nSPS) is 14.8. The van der Waals surface area contributed by atoms with Gasteiger partial charge in [0.15, 0.2) is 0 Å². The van der Waals surface area contributed by atoms with Crippen LogP contribution in [0.5, 0.6) is 0 Å². The summed E-state index contributed by atoms with van der Waals surface area (Å²) in [6, 6.07) is 14.1. The Bertz CT molecular complexity index is 1440. The van der Waals surface area contributed by atoms with Gasteiger partial charge in [-0.15, -0.1) is 0 Å². The van der Waals surface area contributed by atoms with Gasteiger partial charge in [-0.25, -0.2) is 0 Å². The molecule has 8 nitrogen and oxygen atoms in total. The number of hydrogen-bond acceptors (Lipinski definition) is 4. The van der Waals surface area contributed by atoms with Gasteiger partial charge in [0.1, 0.15) is 5.69 Å². The van der Waals surface area contributed by atoms with E-state index >= 15 is 0 Å². The molecule has 1 saturated heterocycles. The minimum Gasteiger partial charge on any atom is -0.381 e. The Labute approximate surface area is 189 Å². The number of nitrogens with zero attached hydrogens (tertiary/aromatic N) is 3. The largest absolute Gasteiger partial charge is 0.381 e. The summed E-state index contributed by atoms with van der Waals surface area (Å²) in [6.45, 7) is 2.26. The van der Waals surface area contributed by atoms with Crippen molar-refractivity contribution >= 4 is 33.4 Å². The molecule has 8 heteroatoms. The molecule has 0 saturated carbocycles. The van der Waals surface area contributed by atoms with Crippen molar-refractivity contribution in [3.8, 4) is 11.1 Å². The standard InChI is InChI=1S/C25H24N6O2/c32-25(24-5-9-28-31(24)15-16-6-10-33-11-7-16)29-22-12-17(13-23-20(22)14-27-30-23)18-2-1-3-21-19(18)4-8-26-21/h1-5,8-9,12-14,16,26H,6-7,10-11,15H2,(H,27,30)(H,29,32). The van der Waals surface area contributed by atoms with Crippen LogP contribution in [0.2, 0.25) is 0 Å². The minimum absolute atomic E-state index is 0.181. The highest BCUT2D eigenvalue weighted by molar-refractivity contribution is 6.09. The van der Waals surface area contributed by atoms with E-state index in [4.69, 9.17) is 4.74 Å². The fraction of sp³-hybridized carbons (Fsp3) is 0.240. The van der Waals surface area contributed by atoms with Crippen LogP contribution >= 0.6 is 0 Å². The third kappa shape index (κ3) is 3.68. The van der Waals surface area contributed by atoms with Crippen molar-refractivity contribution in [2.45, 2.75) is 19.4 Å². The van der Waals surface area contributed by atoms with E-state index in [-0.39, 0.29) is 5.91 Å². The molecule has 1 fully saturated rings. The van der Waals surface area contributed by atoms with Gasteiger partial charge in [-0.1, -0.05) is 12.1 Å². The maximum atomic E-state index is 13.3. The number of aromatic amines is 2. The van der Waals surface area contributed by atoms with Gasteiger partial charge in [-0.3, -0.25) is 14.6 Å². The molecule has 5 aromatic rings. The van der Waals surface area contributed by atoms with Gasteiger partial charge in [-0.2, -0.15) is 10.2 Å². The van der Waals surface area contributed by atoms with Gasteiger partial charge >= 0.3 is 0 Å². The molecule has 0 atom stereocenters. The van der Waals surface area contributed by atoms with E-state index in [0.29, 0.717) is 17.3 Å². The predicted molar refractivity (Wildman–Crippen MR) is 127 cm³/mol. The molecular formula is C25H24N6O2. The first-order valence-corrected chi connectivity index (χ1v) is 11.2. The number of nitrogens with one attached hydrogen (secondary N) is 3. The van der Waals surface area contributed by atoms with Crippen LogP contribution in [-0.2, 0) is 11.3 Å². The highest BCUT2D eigenvalue weighted by Gasteiger charge is 2.20. The summed E-state index contributed by atoms with van der Waals surface area (Å²) in [4.78, 5) is 16.5. The second kappa shape index (κ2) is 8.22. The lowest BCUT2D eigenvalue weighted by Crippen LogP contribution is -2.24. The Morgan fingerprint density at radius 3 is 2.94 bits per heavy atom. The fourth-order valence-corrected chi connectivity index (χ4v) is 4.68. The third-order valence-corrected chi connectivity index (χ3v) is 6.43. The zero-order valence-corrected chi connectivity index (χ0v) is 18.0.